The summed E-state index contributed by atoms with van der Waals surface area (Å²) < 4.78 is 52.2. The van der Waals surface area contributed by atoms with Crippen molar-refractivity contribution in [2.24, 2.45) is 17.8 Å². The smallest absolute Gasteiger partial charge is 0.206 e. The molecule has 0 heterocycles. The SMILES string of the molecule is C[Si]C1CCC(C2CCC(CCc3ccc(-c4ccc(C(F)(F)F)c(F)c4)cc3)CC2)CC1. The summed E-state index contributed by atoms with van der Waals surface area (Å²) in [5.74, 6) is 1.50. The molecule has 5 heteroatoms. The molecular formula is C28H34F4Si. The topological polar surface area (TPSA) is 0 Å². The van der Waals surface area contributed by atoms with Crippen LogP contribution in [-0.4, -0.2) is 9.52 Å². The second kappa shape index (κ2) is 10.8. The van der Waals surface area contributed by atoms with Crippen LogP contribution in [0.1, 0.15) is 68.9 Å². The summed E-state index contributed by atoms with van der Waals surface area (Å²) >= 11 is 0. The number of hydrogen-bond donors (Lipinski definition) is 0. The summed E-state index contributed by atoms with van der Waals surface area (Å²) in [5, 5.41) is 0. The van der Waals surface area contributed by atoms with Crippen LogP contribution >= 0.6 is 0 Å². The van der Waals surface area contributed by atoms with Crippen molar-refractivity contribution in [3.8, 4) is 11.1 Å². The average Bonchev–Trinajstić information content (AvgIpc) is 2.82. The second-order valence-electron chi connectivity index (χ2n) is 10.1. The quantitative estimate of drug-likeness (QED) is 0.289. The van der Waals surface area contributed by atoms with Crippen LogP contribution in [0.2, 0.25) is 12.1 Å². The van der Waals surface area contributed by atoms with Crippen molar-refractivity contribution in [3.05, 3.63) is 59.4 Å². The first kappa shape index (κ1) is 24.5. The van der Waals surface area contributed by atoms with E-state index in [1.54, 1.807) is 0 Å². The lowest BCUT2D eigenvalue weighted by atomic mass is 9.70. The Morgan fingerprint density at radius 2 is 1.36 bits per heavy atom. The van der Waals surface area contributed by atoms with Gasteiger partial charge in [-0.3, -0.25) is 0 Å². The lowest BCUT2D eigenvalue weighted by Crippen LogP contribution is -2.25. The molecule has 33 heavy (non-hydrogen) atoms. The summed E-state index contributed by atoms with van der Waals surface area (Å²) in [5.41, 5.74) is 2.24. The van der Waals surface area contributed by atoms with E-state index in [0.717, 1.165) is 56.9 Å². The highest BCUT2D eigenvalue weighted by atomic mass is 28.2. The van der Waals surface area contributed by atoms with Gasteiger partial charge in [0.15, 0.2) is 0 Å². The molecule has 0 aromatic heterocycles. The Bertz CT molecular complexity index is 889. The molecular weight excluding hydrogens is 440 g/mol. The van der Waals surface area contributed by atoms with Crippen LogP contribution in [0, 0.1) is 23.6 Å². The predicted octanol–water partition coefficient (Wildman–Crippen LogP) is 8.98. The number of halogens is 4. The van der Waals surface area contributed by atoms with Crippen LogP contribution in [-0.2, 0) is 12.6 Å². The van der Waals surface area contributed by atoms with Gasteiger partial charge in [0.25, 0.3) is 0 Å². The highest BCUT2D eigenvalue weighted by Gasteiger charge is 2.34. The molecule has 0 spiro atoms. The maximum Gasteiger partial charge on any atom is 0.419 e. The lowest BCUT2D eigenvalue weighted by Gasteiger charge is -2.37. The highest BCUT2D eigenvalue weighted by Crippen LogP contribution is 2.43. The van der Waals surface area contributed by atoms with Gasteiger partial charge >= 0.3 is 6.18 Å². The standard InChI is InChI=1S/C28H34F4Si/c1-33-25-15-12-22(13-16-25)21-8-4-19(5-9-21)2-3-20-6-10-23(11-7-20)24-14-17-26(27(29)18-24)28(30,31)32/h6-7,10-11,14,17-19,21-22,25H,2-5,8-9,12-13,15-16H2,1H3. The normalized spacial score (nSPS) is 26.3. The molecule has 2 aliphatic carbocycles. The lowest BCUT2D eigenvalue weighted by molar-refractivity contribution is -0.139. The Hall–Kier alpha value is -1.62. The fourth-order valence-electron chi connectivity index (χ4n) is 5.99. The Balaban J connectivity index is 1.25. The summed E-state index contributed by atoms with van der Waals surface area (Å²) in [6.07, 6.45) is 8.87. The molecule has 0 bridgehead atoms. The molecule has 4 rings (SSSR count). The fraction of sp³-hybridized carbons (Fsp3) is 0.571. The molecule has 0 aliphatic heterocycles. The molecule has 0 nitrogen and oxygen atoms in total. The van der Waals surface area contributed by atoms with E-state index in [-0.39, 0.29) is 0 Å². The van der Waals surface area contributed by atoms with E-state index in [9.17, 15) is 17.6 Å². The average molecular weight is 475 g/mol. The van der Waals surface area contributed by atoms with Crippen molar-refractivity contribution in [1.82, 2.24) is 0 Å². The van der Waals surface area contributed by atoms with Crippen molar-refractivity contribution in [2.45, 2.75) is 82.5 Å². The second-order valence-corrected chi connectivity index (χ2v) is 11.5. The first-order valence-corrected chi connectivity index (χ1v) is 14.0. The minimum Gasteiger partial charge on any atom is -0.206 e. The third kappa shape index (κ3) is 6.29. The molecule has 0 unspecified atom stereocenters. The molecule has 2 fully saturated rings. The van der Waals surface area contributed by atoms with E-state index in [1.807, 2.05) is 24.3 Å². The van der Waals surface area contributed by atoms with E-state index in [0.29, 0.717) is 5.56 Å². The van der Waals surface area contributed by atoms with Gasteiger partial charge in [0, 0.05) is 9.52 Å². The van der Waals surface area contributed by atoms with Gasteiger partial charge in [-0.1, -0.05) is 75.4 Å². The van der Waals surface area contributed by atoms with Crippen LogP contribution in [0.25, 0.3) is 11.1 Å². The van der Waals surface area contributed by atoms with E-state index >= 15 is 0 Å². The fourth-order valence-corrected chi connectivity index (χ4v) is 6.90. The van der Waals surface area contributed by atoms with Gasteiger partial charge in [0.05, 0.1) is 5.56 Å². The largest absolute Gasteiger partial charge is 0.419 e. The Kier molecular flexibility index (Phi) is 7.98. The summed E-state index contributed by atoms with van der Waals surface area (Å²) in [4.78, 5) is 0. The predicted molar refractivity (Wildman–Crippen MR) is 128 cm³/mol. The molecule has 2 aromatic carbocycles. The highest BCUT2D eigenvalue weighted by molar-refractivity contribution is 6.35. The van der Waals surface area contributed by atoms with Crippen molar-refractivity contribution in [2.75, 3.05) is 0 Å². The summed E-state index contributed by atoms with van der Waals surface area (Å²) in [6.45, 7) is 2.36. The van der Waals surface area contributed by atoms with E-state index < -0.39 is 17.6 Å². The van der Waals surface area contributed by atoms with Gasteiger partial charge < -0.3 is 0 Å². The van der Waals surface area contributed by atoms with Gasteiger partial charge in [-0.05, 0) is 77.8 Å². The number of benzene rings is 2. The van der Waals surface area contributed by atoms with Gasteiger partial charge in [-0.2, -0.15) is 13.2 Å². The van der Waals surface area contributed by atoms with Crippen LogP contribution < -0.4 is 0 Å². The molecule has 178 valence electrons. The van der Waals surface area contributed by atoms with E-state index in [2.05, 4.69) is 6.55 Å². The van der Waals surface area contributed by atoms with E-state index in [4.69, 9.17) is 0 Å². The minimum absolute atomic E-state index is 0.471. The molecule has 2 aliphatic rings. The van der Waals surface area contributed by atoms with Gasteiger partial charge in [0.1, 0.15) is 5.82 Å². The molecule has 0 amide bonds. The van der Waals surface area contributed by atoms with E-state index in [1.165, 1.54) is 69.4 Å². The first-order chi connectivity index (χ1) is 15.8. The van der Waals surface area contributed by atoms with Crippen LogP contribution in [0.5, 0.6) is 0 Å². The van der Waals surface area contributed by atoms with Crippen LogP contribution in [0.4, 0.5) is 17.6 Å². The maximum absolute atomic E-state index is 13.9. The number of alkyl halides is 3. The third-order valence-corrected chi connectivity index (χ3v) is 9.54. The molecule has 0 saturated heterocycles. The maximum atomic E-state index is 13.9. The molecule has 0 atom stereocenters. The number of rotatable bonds is 6. The number of aryl methyl sites for hydroxylation is 1. The first-order valence-electron chi connectivity index (χ1n) is 12.5. The zero-order valence-electron chi connectivity index (χ0n) is 19.4. The molecule has 2 saturated carbocycles. The van der Waals surface area contributed by atoms with Gasteiger partial charge in [-0.15, -0.1) is 0 Å². The molecule has 2 aromatic rings. The van der Waals surface area contributed by atoms with Crippen molar-refractivity contribution in [1.29, 1.82) is 0 Å². The molecule has 2 radical (unpaired) electrons. The van der Waals surface area contributed by atoms with Crippen LogP contribution in [0.3, 0.4) is 0 Å². The van der Waals surface area contributed by atoms with Crippen molar-refractivity contribution in [3.63, 3.8) is 0 Å². The Morgan fingerprint density at radius 1 is 0.788 bits per heavy atom. The zero-order chi connectivity index (χ0) is 23.4. The summed E-state index contributed by atoms with van der Waals surface area (Å²) in [6, 6.07) is 11.0. The van der Waals surface area contributed by atoms with Crippen LogP contribution in [0.15, 0.2) is 42.5 Å². The third-order valence-electron chi connectivity index (χ3n) is 8.14. The van der Waals surface area contributed by atoms with Crippen molar-refractivity contribution < 1.29 is 17.6 Å². The monoisotopic (exact) mass is 474 g/mol. The van der Waals surface area contributed by atoms with Crippen molar-refractivity contribution >= 4 is 9.52 Å². The Morgan fingerprint density at radius 3 is 1.91 bits per heavy atom. The van der Waals surface area contributed by atoms with Gasteiger partial charge in [0.2, 0.25) is 0 Å². The Labute approximate surface area is 198 Å². The van der Waals surface area contributed by atoms with Gasteiger partial charge in [-0.25, -0.2) is 4.39 Å². The zero-order valence-corrected chi connectivity index (χ0v) is 20.4. The minimum atomic E-state index is -4.67. The molecule has 0 N–H and O–H groups in total. The number of hydrogen-bond acceptors (Lipinski definition) is 0. The summed E-state index contributed by atoms with van der Waals surface area (Å²) in [7, 11) is 1.12.